The Labute approximate surface area is 190 Å². The predicted molar refractivity (Wildman–Crippen MR) is 119 cm³/mol. The minimum atomic E-state index is -0.975. The van der Waals surface area contributed by atoms with Gasteiger partial charge in [0.1, 0.15) is 5.82 Å². The van der Waals surface area contributed by atoms with Gasteiger partial charge >= 0.3 is 5.97 Å². The zero-order valence-corrected chi connectivity index (χ0v) is 18.3. The topological polar surface area (TPSA) is 78.9 Å². The average molecular weight is 456 g/mol. The van der Waals surface area contributed by atoms with E-state index in [4.69, 9.17) is 4.74 Å². The maximum Gasteiger partial charge on any atom is 0.333 e. The van der Waals surface area contributed by atoms with Crippen LogP contribution >= 0.6 is 0 Å². The summed E-state index contributed by atoms with van der Waals surface area (Å²) in [6, 6.07) is 10.5. The van der Waals surface area contributed by atoms with E-state index in [1.807, 2.05) is 24.3 Å². The maximum absolute atomic E-state index is 13.6. The number of rotatable bonds is 7. The molecule has 1 amide bonds. The van der Waals surface area contributed by atoms with E-state index in [0.717, 1.165) is 34.9 Å². The van der Waals surface area contributed by atoms with Crippen molar-refractivity contribution in [2.75, 3.05) is 19.7 Å². The van der Waals surface area contributed by atoms with Gasteiger partial charge in [-0.2, -0.15) is 0 Å². The first-order valence-electron chi connectivity index (χ1n) is 11.0. The molecule has 2 N–H and O–H groups in total. The van der Waals surface area contributed by atoms with E-state index in [1.54, 1.807) is 4.90 Å². The van der Waals surface area contributed by atoms with Crippen LogP contribution in [0, 0.1) is 11.6 Å². The summed E-state index contributed by atoms with van der Waals surface area (Å²) in [5.41, 5.74) is 3.02. The van der Waals surface area contributed by atoms with Gasteiger partial charge in [-0.1, -0.05) is 24.3 Å². The van der Waals surface area contributed by atoms with Crippen molar-refractivity contribution < 1.29 is 28.2 Å². The van der Waals surface area contributed by atoms with Crippen LogP contribution in [-0.4, -0.2) is 53.7 Å². The van der Waals surface area contributed by atoms with Crippen molar-refractivity contribution in [3.63, 3.8) is 0 Å². The minimum absolute atomic E-state index is 0.0193. The van der Waals surface area contributed by atoms with E-state index in [2.05, 4.69) is 5.32 Å². The molecule has 174 valence electrons. The zero-order chi connectivity index (χ0) is 23.5. The van der Waals surface area contributed by atoms with Gasteiger partial charge in [0, 0.05) is 32.1 Å². The third-order valence-electron chi connectivity index (χ3n) is 6.14. The summed E-state index contributed by atoms with van der Waals surface area (Å²) in [4.78, 5) is 25.6. The molecule has 4 rings (SSSR count). The lowest BCUT2D eigenvalue weighted by molar-refractivity contribution is -0.135. The first kappa shape index (κ1) is 22.9. The number of carboxylic acids is 1. The number of carbonyl (C=O) groups is 2. The monoisotopic (exact) mass is 456 g/mol. The van der Waals surface area contributed by atoms with Gasteiger partial charge in [-0.25, -0.2) is 13.6 Å². The van der Waals surface area contributed by atoms with Crippen LogP contribution in [-0.2, 0) is 16.0 Å². The number of piperazine rings is 1. The van der Waals surface area contributed by atoms with Crippen LogP contribution in [0.25, 0.3) is 5.57 Å². The highest BCUT2D eigenvalue weighted by Gasteiger charge is 2.38. The van der Waals surface area contributed by atoms with E-state index < -0.39 is 23.6 Å². The van der Waals surface area contributed by atoms with Crippen LogP contribution in [0.15, 0.2) is 48.0 Å². The number of nitrogens with zero attached hydrogens (tertiary/aromatic N) is 1. The molecular weight excluding hydrogens is 430 g/mol. The number of halogens is 2. The van der Waals surface area contributed by atoms with Gasteiger partial charge in [-0.15, -0.1) is 0 Å². The summed E-state index contributed by atoms with van der Waals surface area (Å²) in [6.07, 6.45) is 1.84. The van der Waals surface area contributed by atoms with Crippen LogP contribution in [0.3, 0.4) is 0 Å². The molecular formula is C25H26F2N2O4. The lowest BCUT2D eigenvalue weighted by Gasteiger charge is -2.43. The predicted octanol–water partition coefficient (Wildman–Crippen LogP) is 3.41. The van der Waals surface area contributed by atoms with E-state index in [1.165, 1.54) is 6.92 Å². The second kappa shape index (κ2) is 9.70. The van der Waals surface area contributed by atoms with Crippen LogP contribution < -0.4 is 10.1 Å². The summed E-state index contributed by atoms with van der Waals surface area (Å²) >= 11 is 0. The largest absolute Gasteiger partial charge is 0.490 e. The van der Waals surface area contributed by atoms with E-state index in [0.29, 0.717) is 37.9 Å². The second-order valence-electron chi connectivity index (χ2n) is 8.47. The fourth-order valence-electron chi connectivity index (χ4n) is 4.54. The number of amides is 1. The molecule has 1 unspecified atom stereocenters. The highest BCUT2D eigenvalue weighted by Crippen LogP contribution is 2.33. The van der Waals surface area contributed by atoms with E-state index in [9.17, 15) is 23.5 Å². The molecule has 2 aliphatic heterocycles. The normalized spacial score (nSPS) is 20.0. The Morgan fingerprint density at radius 1 is 1.15 bits per heavy atom. The van der Waals surface area contributed by atoms with Crippen LogP contribution in [0.2, 0.25) is 0 Å². The second-order valence-corrected chi connectivity index (χ2v) is 8.47. The molecule has 0 saturated carbocycles. The molecule has 1 saturated heterocycles. The molecule has 2 aliphatic rings. The number of aliphatic carboxylic acids is 1. The molecule has 2 heterocycles. The lowest BCUT2D eigenvalue weighted by Crippen LogP contribution is -2.61. The number of carbonyl (C=O) groups excluding carboxylic acids is 1. The molecule has 0 aromatic heterocycles. The molecule has 2 atom stereocenters. The van der Waals surface area contributed by atoms with E-state index in [-0.39, 0.29) is 24.3 Å². The van der Waals surface area contributed by atoms with Gasteiger partial charge in [0.15, 0.2) is 11.6 Å². The molecule has 2 aromatic rings. The smallest absolute Gasteiger partial charge is 0.333 e. The Hall–Kier alpha value is -3.26. The van der Waals surface area contributed by atoms with Gasteiger partial charge in [-0.05, 0) is 48.1 Å². The molecule has 2 bridgehead atoms. The van der Waals surface area contributed by atoms with Crippen molar-refractivity contribution in [1.29, 1.82) is 0 Å². The first-order valence-corrected chi connectivity index (χ1v) is 11.0. The number of fused-ring (bicyclic) bond motifs is 2. The molecule has 1 fully saturated rings. The van der Waals surface area contributed by atoms with Crippen molar-refractivity contribution in [2.24, 2.45) is 0 Å². The lowest BCUT2D eigenvalue weighted by atomic mass is 9.83. The summed E-state index contributed by atoms with van der Waals surface area (Å²) in [7, 11) is 0. The van der Waals surface area contributed by atoms with Crippen LogP contribution in [0.1, 0.15) is 30.9 Å². The number of hydrogen-bond acceptors (Lipinski definition) is 4. The van der Waals surface area contributed by atoms with Crippen LogP contribution in [0.5, 0.6) is 5.75 Å². The van der Waals surface area contributed by atoms with E-state index >= 15 is 0 Å². The Bertz CT molecular complexity index is 1080. The van der Waals surface area contributed by atoms with Gasteiger partial charge in [0.25, 0.3) is 0 Å². The molecule has 0 spiro atoms. The zero-order valence-electron chi connectivity index (χ0n) is 18.3. The molecule has 0 radical (unpaired) electrons. The summed E-state index contributed by atoms with van der Waals surface area (Å²) in [6.45, 7) is 2.66. The standard InChI is InChI=1S/C25H26F2N2O4/c1-15(30)29-13-19-12-20(24(25(31)32)22(14-29)28-19)17-6-4-16(5-7-17)3-2-10-33-23-11-18(26)8-9-21(23)27/h4-9,11,19,22,28H,2-3,10,12-14H2,1H3,(H,31,32)/t19?,22-/m1/s1. The minimum Gasteiger partial charge on any atom is -0.490 e. The van der Waals surface area contributed by atoms with Crippen molar-refractivity contribution in [2.45, 2.75) is 38.3 Å². The van der Waals surface area contributed by atoms with Gasteiger partial charge in [0.05, 0.1) is 18.2 Å². The van der Waals surface area contributed by atoms with Crippen molar-refractivity contribution in [3.8, 4) is 5.75 Å². The number of ether oxygens (including phenoxy) is 1. The average Bonchev–Trinajstić information content (AvgIpc) is 2.78. The van der Waals surface area contributed by atoms with Crippen molar-refractivity contribution >= 4 is 17.4 Å². The molecule has 8 heteroatoms. The Balaban J connectivity index is 1.41. The number of hydrogen-bond donors (Lipinski definition) is 2. The van der Waals surface area contributed by atoms with Crippen LogP contribution in [0.4, 0.5) is 8.78 Å². The third kappa shape index (κ3) is 5.22. The third-order valence-corrected chi connectivity index (χ3v) is 6.14. The number of aryl methyl sites for hydroxylation is 1. The van der Waals surface area contributed by atoms with Gasteiger partial charge in [-0.3, -0.25) is 4.79 Å². The molecule has 33 heavy (non-hydrogen) atoms. The summed E-state index contributed by atoms with van der Waals surface area (Å²) < 4.78 is 32.2. The Morgan fingerprint density at radius 2 is 1.91 bits per heavy atom. The SMILES string of the molecule is CC(=O)N1CC2CC(c3ccc(CCCOc4cc(F)ccc4F)cc3)=C(C(=O)O)[C@@H](C1)N2. The summed E-state index contributed by atoms with van der Waals surface area (Å²) in [5, 5.41) is 13.2. The molecule has 2 aromatic carbocycles. The first-order chi connectivity index (χ1) is 15.8. The number of carboxylic acid groups (broad SMARTS) is 1. The molecule has 6 nitrogen and oxygen atoms in total. The highest BCUT2D eigenvalue weighted by atomic mass is 19.1. The fraction of sp³-hybridized carbons (Fsp3) is 0.360. The van der Waals surface area contributed by atoms with Crippen molar-refractivity contribution in [1.82, 2.24) is 10.2 Å². The molecule has 0 aliphatic carbocycles. The van der Waals surface area contributed by atoms with Gasteiger partial charge < -0.3 is 20.1 Å². The Kier molecular flexibility index (Phi) is 6.74. The van der Waals surface area contributed by atoms with Gasteiger partial charge in [0.2, 0.25) is 5.91 Å². The highest BCUT2D eigenvalue weighted by molar-refractivity contribution is 5.98. The number of nitrogens with one attached hydrogen (secondary N) is 1. The maximum atomic E-state index is 13.6. The van der Waals surface area contributed by atoms with Crippen molar-refractivity contribution in [3.05, 3.63) is 70.8 Å². The Morgan fingerprint density at radius 3 is 2.61 bits per heavy atom. The summed E-state index contributed by atoms with van der Waals surface area (Å²) in [5.74, 6) is -2.27. The fourth-order valence-corrected chi connectivity index (χ4v) is 4.54. The quantitative estimate of drug-likeness (QED) is 0.625. The number of benzene rings is 2.